The highest BCUT2D eigenvalue weighted by molar-refractivity contribution is 6.09. The van der Waals surface area contributed by atoms with E-state index < -0.39 is 23.3 Å². The van der Waals surface area contributed by atoms with E-state index in [0.717, 1.165) is 0 Å². The maximum atomic E-state index is 12.0. The molecule has 0 spiro atoms. The Labute approximate surface area is 78.2 Å². The van der Waals surface area contributed by atoms with Crippen LogP contribution in [0.1, 0.15) is 19.8 Å². The van der Waals surface area contributed by atoms with Crippen LogP contribution in [0.5, 0.6) is 0 Å². The van der Waals surface area contributed by atoms with Crippen molar-refractivity contribution < 1.29 is 27.5 Å². The average Bonchev–Trinajstić information content (AvgIpc) is 2.82. The van der Waals surface area contributed by atoms with E-state index in [1.807, 2.05) is 0 Å². The van der Waals surface area contributed by atoms with Gasteiger partial charge < -0.3 is 4.74 Å². The van der Waals surface area contributed by atoms with Crippen LogP contribution in [0.25, 0.3) is 0 Å². The Morgan fingerprint density at radius 1 is 1.36 bits per heavy atom. The van der Waals surface area contributed by atoms with Crippen molar-refractivity contribution in [3.63, 3.8) is 0 Å². The lowest BCUT2D eigenvalue weighted by Gasteiger charge is -2.13. The second kappa shape index (κ2) is 3.25. The van der Waals surface area contributed by atoms with Crippen LogP contribution < -0.4 is 0 Å². The molecule has 0 radical (unpaired) electrons. The summed E-state index contributed by atoms with van der Waals surface area (Å²) in [5, 5.41) is 0. The monoisotopic (exact) mass is 210 g/mol. The molecule has 0 amide bonds. The second-order valence-corrected chi connectivity index (χ2v) is 3.13. The van der Waals surface area contributed by atoms with Gasteiger partial charge in [-0.25, -0.2) is 0 Å². The molecule has 0 bridgehead atoms. The van der Waals surface area contributed by atoms with Crippen molar-refractivity contribution in [2.75, 3.05) is 6.61 Å². The molecule has 0 atom stereocenters. The highest BCUT2D eigenvalue weighted by Gasteiger charge is 2.65. The van der Waals surface area contributed by atoms with E-state index in [1.165, 1.54) is 6.92 Å². The Hall–Kier alpha value is -1.07. The molecular weight excluding hydrogens is 201 g/mol. The SMILES string of the molecule is CCOC(=O)C1(C(=O)C(F)(F)F)CC1. The van der Waals surface area contributed by atoms with Gasteiger partial charge in [0.05, 0.1) is 6.61 Å². The third kappa shape index (κ3) is 1.73. The summed E-state index contributed by atoms with van der Waals surface area (Å²) in [5.74, 6) is -3.04. The molecule has 0 aliphatic heterocycles. The van der Waals surface area contributed by atoms with Crippen molar-refractivity contribution in [2.45, 2.75) is 25.9 Å². The molecule has 3 nitrogen and oxygen atoms in total. The summed E-state index contributed by atoms with van der Waals surface area (Å²) in [6, 6.07) is 0. The van der Waals surface area contributed by atoms with Crippen molar-refractivity contribution in [3.8, 4) is 0 Å². The zero-order chi connectivity index (χ0) is 11.0. The number of carbonyl (C=O) groups is 2. The van der Waals surface area contributed by atoms with Crippen LogP contribution in [0.15, 0.2) is 0 Å². The molecule has 80 valence electrons. The second-order valence-electron chi connectivity index (χ2n) is 3.13. The van der Waals surface area contributed by atoms with E-state index in [0.29, 0.717) is 0 Å². The minimum absolute atomic E-state index is 0.0221. The maximum absolute atomic E-state index is 12.0. The number of rotatable bonds is 3. The van der Waals surface area contributed by atoms with Gasteiger partial charge in [0.15, 0.2) is 0 Å². The summed E-state index contributed by atoms with van der Waals surface area (Å²) in [6.45, 7) is 1.46. The number of hydrogen-bond donors (Lipinski definition) is 0. The van der Waals surface area contributed by atoms with Crippen LogP contribution in [-0.4, -0.2) is 24.5 Å². The van der Waals surface area contributed by atoms with Crippen LogP contribution in [0.2, 0.25) is 0 Å². The summed E-state index contributed by atoms with van der Waals surface area (Å²) >= 11 is 0. The van der Waals surface area contributed by atoms with E-state index in [2.05, 4.69) is 4.74 Å². The molecular formula is C8H9F3O3. The molecule has 1 aliphatic carbocycles. The van der Waals surface area contributed by atoms with Crippen molar-refractivity contribution in [2.24, 2.45) is 5.41 Å². The Balaban J connectivity index is 2.77. The number of esters is 1. The zero-order valence-electron chi connectivity index (χ0n) is 7.48. The number of carbonyl (C=O) groups excluding carboxylic acids is 2. The Morgan fingerprint density at radius 3 is 2.14 bits per heavy atom. The average molecular weight is 210 g/mol. The largest absolute Gasteiger partial charge is 0.465 e. The molecule has 1 rings (SSSR count). The smallest absolute Gasteiger partial charge is 0.451 e. The lowest BCUT2D eigenvalue weighted by atomic mass is 10.0. The number of alkyl halides is 3. The number of halogens is 3. The normalized spacial score (nSPS) is 18.9. The van der Waals surface area contributed by atoms with Gasteiger partial charge in [-0.05, 0) is 19.8 Å². The third-order valence-electron chi connectivity index (χ3n) is 2.11. The molecule has 0 aromatic carbocycles. The first kappa shape index (κ1) is 11.0. The predicted octanol–water partition coefficient (Wildman–Crippen LogP) is 1.46. The van der Waals surface area contributed by atoms with Gasteiger partial charge in [-0.15, -0.1) is 0 Å². The molecule has 6 heteroatoms. The lowest BCUT2D eigenvalue weighted by Crippen LogP contribution is -2.37. The van der Waals surface area contributed by atoms with E-state index in [4.69, 9.17) is 0 Å². The number of ether oxygens (including phenoxy) is 1. The fourth-order valence-corrected chi connectivity index (χ4v) is 1.19. The molecule has 0 heterocycles. The van der Waals surface area contributed by atoms with Gasteiger partial charge in [0, 0.05) is 0 Å². The minimum Gasteiger partial charge on any atom is -0.465 e. The molecule has 14 heavy (non-hydrogen) atoms. The molecule has 0 aromatic heterocycles. The van der Waals surface area contributed by atoms with E-state index in [1.54, 1.807) is 0 Å². The van der Waals surface area contributed by atoms with Gasteiger partial charge in [0.25, 0.3) is 5.78 Å². The Kier molecular flexibility index (Phi) is 2.56. The molecule has 0 unspecified atom stereocenters. The summed E-state index contributed by atoms with van der Waals surface area (Å²) in [4.78, 5) is 21.9. The lowest BCUT2D eigenvalue weighted by molar-refractivity contribution is -0.183. The highest BCUT2D eigenvalue weighted by atomic mass is 19.4. The fourth-order valence-electron chi connectivity index (χ4n) is 1.19. The first-order chi connectivity index (χ1) is 6.34. The van der Waals surface area contributed by atoms with Crippen LogP contribution in [-0.2, 0) is 14.3 Å². The van der Waals surface area contributed by atoms with Gasteiger partial charge in [0.2, 0.25) is 0 Å². The van der Waals surface area contributed by atoms with Gasteiger partial charge in [0.1, 0.15) is 5.41 Å². The standard InChI is InChI=1S/C8H9F3O3/c1-2-14-6(13)7(3-4-7)5(12)8(9,10)11/h2-4H2,1H3. The van der Waals surface area contributed by atoms with E-state index in [9.17, 15) is 22.8 Å². The number of hydrogen-bond acceptors (Lipinski definition) is 3. The summed E-state index contributed by atoms with van der Waals surface area (Å²) in [5.41, 5.74) is -1.92. The Morgan fingerprint density at radius 2 is 1.86 bits per heavy atom. The van der Waals surface area contributed by atoms with Crippen LogP contribution in [0.4, 0.5) is 13.2 Å². The van der Waals surface area contributed by atoms with Crippen molar-refractivity contribution >= 4 is 11.8 Å². The van der Waals surface area contributed by atoms with Gasteiger partial charge in [-0.3, -0.25) is 9.59 Å². The highest BCUT2D eigenvalue weighted by Crippen LogP contribution is 2.51. The van der Waals surface area contributed by atoms with Gasteiger partial charge in [-0.2, -0.15) is 13.2 Å². The predicted molar refractivity (Wildman–Crippen MR) is 39.4 cm³/mol. The first-order valence-corrected chi connectivity index (χ1v) is 4.13. The Bertz CT molecular complexity index is 265. The van der Waals surface area contributed by atoms with Gasteiger partial charge in [-0.1, -0.05) is 0 Å². The fraction of sp³-hybridized carbons (Fsp3) is 0.750. The summed E-state index contributed by atoms with van der Waals surface area (Å²) in [7, 11) is 0. The first-order valence-electron chi connectivity index (χ1n) is 4.13. The van der Waals surface area contributed by atoms with Crippen molar-refractivity contribution in [1.82, 2.24) is 0 Å². The van der Waals surface area contributed by atoms with Crippen molar-refractivity contribution in [3.05, 3.63) is 0 Å². The van der Waals surface area contributed by atoms with Crippen LogP contribution in [0.3, 0.4) is 0 Å². The summed E-state index contributed by atoms with van der Waals surface area (Å²) < 4.78 is 40.5. The third-order valence-corrected chi connectivity index (χ3v) is 2.11. The zero-order valence-corrected chi connectivity index (χ0v) is 7.48. The topological polar surface area (TPSA) is 43.4 Å². The maximum Gasteiger partial charge on any atom is 0.451 e. The van der Waals surface area contributed by atoms with Gasteiger partial charge >= 0.3 is 12.1 Å². The number of ketones is 1. The molecule has 1 fully saturated rings. The van der Waals surface area contributed by atoms with E-state index in [-0.39, 0.29) is 19.4 Å². The van der Waals surface area contributed by atoms with Crippen molar-refractivity contribution in [1.29, 1.82) is 0 Å². The number of Topliss-reactive ketones (excluding diaryl/α,β-unsaturated/α-hetero) is 1. The summed E-state index contributed by atoms with van der Waals surface area (Å²) in [6.07, 6.45) is -5.09. The van der Waals surface area contributed by atoms with Crippen LogP contribution >= 0.6 is 0 Å². The molecule has 0 N–H and O–H groups in total. The quantitative estimate of drug-likeness (QED) is 0.523. The molecule has 0 saturated heterocycles. The minimum atomic E-state index is -4.96. The van der Waals surface area contributed by atoms with E-state index >= 15 is 0 Å². The molecule has 1 saturated carbocycles. The van der Waals surface area contributed by atoms with Crippen LogP contribution in [0, 0.1) is 5.41 Å². The molecule has 1 aliphatic rings. The molecule has 0 aromatic rings.